The van der Waals surface area contributed by atoms with Crippen molar-refractivity contribution in [2.24, 2.45) is 5.92 Å². The van der Waals surface area contributed by atoms with Crippen LogP contribution in [0.1, 0.15) is 31.1 Å². The molecule has 0 saturated heterocycles. The van der Waals surface area contributed by atoms with Crippen molar-refractivity contribution in [2.45, 2.75) is 25.7 Å². The van der Waals surface area contributed by atoms with Crippen LogP contribution in [0.4, 0.5) is 5.69 Å². The minimum absolute atomic E-state index is 0.128. The SMILES string of the molecule is CCN(CC(C)C#N)C(=O)c1ccc(S(=O)(=O)N(CC)c2ccccc2)cc1. The van der Waals surface area contributed by atoms with Crippen LogP contribution in [-0.4, -0.2) is 38.9 Å². The highest BCUT2D eigenvalue weighted by atomic mass is 32.2. The summed E-state index contributed by atoms with van der Waals surface area (Å²) in [6.45, 7) is 6.49. The highest BCUT2D eigenvalue weighted by Crippen LogP contribution is 2.23. The lowest BCUT2D eigenvalue weighted by Gasteiger charge is -2.24. The molecule has 28 heavy (non-hydrogen) atoms. The Morgan fingerprint density at radius 1 is 1.04 bits per heavy atom. The zero-order valence-electron chi connectivity index (χ0n) is 16.4. The summed E-state index contributed by atoms with van der Waals surface area (Å²) in [6.07, 6.45) is 0. The molecule has 0 fully saturated rings. The third-order valence-corrected chi connectivity index (χ3v) is 6.32. The molecule has 0 aliphatic rings. The number of hydrogen-bond donors (Lipinski definition) is 0. The number of sulfonamides is 1. The maximum atomic E-state index is 13.0. The van der Waals surface area contributed by atoms with Crippen molar-refractivity contribution in [2.75, 3.05) is 23.9 Å². The summed E-state index contributed by atoms with van der Waals surface area (Å²) >= 11 is 0. The van der Waals surface area contributed by atoms with E-state index in [2.05, 4.69) is 6.07 Å². The molecule has 2 aromatic rings. The third kappa shape index (κ3) is 4.70. The van der Waals surface area contributed by atoms with E-state index in [0.717, 1.165) is 0 Å². The summed E-state index contributed by atoms with van der Waals surface area (Å²) in [5, 5.41) is 8.97. The molecule has 1 amide bonds. The van der Waals surface area contributed by atoms with E-state index in [1.165, 1.54) is 28.6 Å². The van der Waals surface area contributed by atoms with E-state index in [-0.39, 0.29) is 16.7 Å². The topological polar surface area (TPSA) is 81.5 Å². The fourth-order valence-electron chi connectivity index (χ4n) is 2.89. The molecule has 0 aromatic heterocycles. The molecule has 148 valence electrons. The van der Waals surface area contributed by atoms with Crippen LogP contribution in [0.5, 0.6) is 0 Å². The predicted molar refractivity (Wildman–Crippen MR) is 109 cm³/mol. The number of carbonyl (C=O) groups is 1. The van der Waals surface area contributed by atoms with E-state index in [0.29, 0.717) is 30.9 Å². The van der Waals surface area contributed by atoms with Gasteiger partial charge in [-0.1, -0.05) is 18.2 Å². The van der Waals surface area contributed by atoms with Crippen LogP contribution in [0, 0.1) is 17.2 Å². The zero-order valence-corrected chi connectivity index (χ0v) is 17.2. The van der Waals surface area contributed by atoms with Crippen LogP contribution in [0.3, 0.4) is 0 Å². The summed E-state index contributed by atoms with van der Waals surface area (Å²) in [4.78, 5) is 14.4. The Balaban J connectivity index is 2.28. The Bertz CT molecular complexity index is 935. The monoisotopic (exact) mass is 399 g/mol. The number of hydrogen-bond acceptors (Lipinski definition) is 4. The molecular formula is C21H25N3O3S. The molecule has 0 saturated carbocycles. The van der Waals surface area contributed by atoms with Crippen molar-refractivity contribution in [1.82, 2.24) is 4.90 Å². The molecule has 2 rings (SSSR count). The van der Waals surface area contributed by atoms with E-state index in [9.17, 15) is 13.2 Å². The van der Waals surface area contributed by atoms with Gasteiger partial charge < -0.3 is 4.90 Å². The second-order valence-corrected chi connectivity index (χ2v) is 8.27. The first-order valence-electron chi connectivity index (χ1n) is 9.21. The fraction of sp³-hybridized carbons (Fsp3) is 0.333. The standard InChI is InChI=1S/C21H25N3O3S/c1-4-23(16-17(3)15-22)21(25)18-11-13-20(14-12-18)28(26,27)24(5-2)19-9-7-6-8-10-19/h6-14,17H,4-5,16H2,1-3H3. The van der Waals surface area contributed by atoms with Gasteiger partial charge in [0.2, 0.25) is 0 Å². The zero-order chi connectivity index (χ0) is 20.7. The highest BCUT2D eigenvalue weighted by Gasteiger charge is 2.24. The molecule has 7 heteroatoms. The number of benzene rings is 2. The van der Waals surface area contributed by atoms with Crippen molar-refractivity contribution in [3.05, 3.63) is 60.2 Å². The van der Waals surface area contributed by atoms with Crippen LogP contribution in [-0.2, 0) is 10.0 Å². The van der Waals surface area contributed by atoms with E-state index in [4.69, 9.17) is 5.26 Å². The summed E-state index contributed by atoms with van der Waals surface area (Å²) in [5.74, 6) is -0.489. The number of rotatable bonds is 8. The van der Waals surface area contributed by atoms with Gasteiger partial charge in [0.25, 0.3) is 15.9 Å². The van der Waals surface area contributed by atoms with Gasteiger partial charge in [-0.15, -0.1) is 0 Å². The fourth-order valence-corrected chi connectivity index (χ4v) is 4.37. The second-order valence-electron chi connectivity index (χ2n) is 6.40. The second kappa shape index (κ2) is 9.38. The normalized spacial score (nSPS) is 12.1. The number of anilines is 1. The average Bonchev–Trinajstić information content (AvgIpc) is 2.72. The first-order chi connectivity index (χ1) is 13.3. The Kier molecular flexibility index (Phi) is 7.18. The van der Waals surface area contributed by atoms with Crippen LogP contribution < -0.4 is 4.31 Å². The minimum atomic E-state index is -3.73. The maximum absolute atomic E-state index is 13.0. The van der Waals surface area contributed by atoms with Gasteiger partial charge >= 0.3 is 0 Å². The quantitative estimate of drug-likeness (QED) is 0.680. The molecule has 0 heterocycles. The predicted octanol–water partition coefficient (Wildman–Crippen LogP) is 3.52. The summed E-state index contributed by atoms with van der Waals surface area (Å²) < 4.78 is 27.4. The van der Waals surface area contributed by atoms with Gasteiger partial charge in [0.1, 0.15) is 0 Å². The third-order valence-electron chi connectivity index (χ3n) is 4.40. The van der Waals surface area contributed by atoms with Gasteiger partial charge in [0.05, 0.1) is 22.6 Å². The number of nitriles is 1. The molecule has 1 unspecified atom stereocenters. The summed E-state index contributed by atoms with van der Waals surface area (Å²) in [5.41, 5.74) is 0.988. The van der Waals surface area contributed by atoms with E-state index >= 15 is 0 Å². The largest absolute Gasteiger partial charge is 0.338 e. The van der Waals surface area contributed by atoms with Crippen molar-refractivity contribution in [3.63, 3.8) is 0 Å². The molecule has 0 spiro atoms. The first kappa shape index (κ1) is 21.5. The van der Waals surface area contributed by atoms with Gasteiger partial charge in [-0.25, -0.2) is 8.42 Å². The Morgan fingerprint density at radius 2 is 1.64 bits per heavy atom. The summed E-state index contributed by atoms with van der Waals surface area (Å²) in [6, 6.07) is 17.0. The van der Waals surface area contributed by atoms with Gasteiger partial charge in [0.15, 0.2) is 0 Å². The van der Waals surface area contributed by atoms with Crippen molar-refractivity contribution in [1.29, 1.82) is 5.26 Å². The number of amides is 1. The lowest BCUT2D eigenvalue weighted by molar-refractivity contribution is 0.0752. The van der Waals surface area contributed by atoms with Crippen LogP contribution >= 0.6 is 0 Å². The lowest BCUT2D eigenvalue weighted by Crippen LogP contribution is -2.34. The smallest absolute Gasteiger partial charge is 0.264 e. The molecule has 0 radical (unpaired) electrons. The molecule has 0 bridgehead atoms. The number of para-hydroxylation sites is 1. The average molecular weight is 400 g/mol. The molecule has 0 N–H and O–H groups in total. The molecular weight excluding hydrogens is 374 g/mol. The van der Waals surface area contributed by atoms with Gasteiger partial charge in [-0.05, 0) is 57.2 Å². The van der Waals surface area contributed by atoms with Crippen LogP contribution in [0.2, 0.25) is 0 Å². The van der Waals surface area contributed by atoms with Gasteiger partial charge in [-0.2, -0.15) is 5.26 Å². The Hall–Kier alpha value is -2.85. The molecule has 6 nitrogen and oxygen atoms in total. The van der Waals surface area contributed by atoms with E-state index in [1.807, 2.05) is 13.0 Å². The van der Waals surface area contributed by atoms with E-state index in [1.54, 1.807) is 43.0 Å². The number of carbonyl (C=O) groups excluding carboxylic acids is 1. The molecule has 0 aliphatic heterocycles. The highest BCUT2D eigenvalue weighted by molar-refractivity contribution is 7.92. The van der Waals surface area contributed by atoms with Crippen molar-refractivity contribution >= 4 is 21.6 Å². The molecule has 1 atom stereocenters. The first-order valence-corrected chi connectivity index (χ1v) is 10.7. The van der Waals surface area contributed by atoms with E-state index < -0.39 is 10.0 Å². The Labute approximate surface area is 167 Å². The number of nitrogens with zero attached hydrogens (tertiary/aromatic N) is 3. The maximum Gasteiger partial charge on any atom is 0.264 e. The van der Waals surface area contributed by atoms with Gasteiger partial charge in [-0.3, -0.25) is 9.10 Å². The lowest BCUT2D eigenvalue weighted by atomic mass is 10.1. The van der Waals surface area contributed by atoms with Crippen molar-refractivity contribution < 1.29 is 13.2 Å². The van der Waals surface area contributed by atoms with Crippen LogP contribution in [0.15, 0.2) is 59.5 Å². The Morgan fingerprint density at radius 3 is 2.14 bits per heavy atom. The van der Waals surface area contributed by atoms with Crippen molar-refractivity contribution in [3.8, 4) is 6.07 Å². The minimum Gasteiger partial charge on any atom is -0.338 e. The molecule has 0 aliphatic carbocycles. The molecule has 2 aromatic carbocycles. The van der Waals surface area contributed by atoms with Crippen LogP contribution in [0.25, 0.3) is 0 Å². The van der Waals surface area contributed by atoms with Gasteiger partial charge in [0, 0.05) is 25.2 Å². The summed E-state index contributed by atoms with van der Waals surface area (Å²) in [7, 11) is -3.73.